The van der Waals surface area contributed by atoms with Crippen LogP contribution in [-0.2, 0) is 33.1 Å². The molecule has 1 heterocycles. The lowest BCUT2D eigenvalue weighted by Gasteiger charge is -2.16. The van der Waals surface area contributed by atoms with Gasteiger partial charge in [-0.2, -0.15) is 37.0 Å². The number of unbranched alkanes of at least 4 members (excludes halogenated alkanes) is 1. The Kier molecular flexibility index (Phi) is 17.6. The van der Waals surface area contributed by atoms with Crippen LogP contribution in [0.5, 0.6) is 11.5 Å². The van der Waals surface area contributed by atoms with E-state index >= 15 is 0 Å². The first-order chi connectivity index (χ1) is 29.8. The second-order valence-electron chi connectivity index (χ2n) is 14.0. The lowest BCUT2D eigenvalue weighted by Crippen LogP contribution is -2.22. The predicted octanol–water partition coefficient (Wildman–Crippen LogP) is 10.7. The third-order valence-electron chi connectivity index (χ3n) is 8.77. The number of hydrogen-bond donors (Lipinski definition) is 4. The minimum Gasteiger partial charge on any atom is -0.493 e. The number of benzene rings is 4. The molecule has 17 nitrogen and oxygen atoms in total. The van der Waals surface area contributed by atoms with Crippen LogP contribution in [0.2, 0.25) is 20.1 Å². The number of nitrogens with zero attached hydrogens (tertiary/aromatic N) is 7. The number of aromatic nitrogens is 3. The molecule has 5 aromatic rings. The van der Waals surface area contributed by atoms with Crippen molar-refractivity contribution in [2.45, 2.75) is 63.8 Å². The number of ether oxygens (including phenoxy) is 2. The average Bonchev–Trinajstić information content (AvgIpc) is 3.21. The number of hydrogen-bond acceptors (Lipinski definition) is 15. The largest absolute Gasteiger partial charge is 0.493 e. The van der Waals surface area contributed by atoms with Gasteiger partial charge in [-0.3, -0.25) is 9.11 Å². The average molecular weight is 985 g/mol. The molecule has 4 N–H and O–H groups in total. The molecule has 0 fully saturated rings. The van der Waals surface area contributed by atoms with E-state index in [9.17, 15) is 31.0 Å². The van der Waals surface area contributed by atoms with Gasteiger partial charge in [-0.25, -0.2) is 4.98 Å². The summed E-state index contributed by atoms with van der Waals surface area (Å²) in [6, 6.07) is 14.8. The van der Waals surface area contributed by atoms with E-state index in [4.69, 9.17) is 60.9 Å². The normalized spacial score (nSPS) is 12.6. The maximum absolute atomic E-state index is 11.8. The highest BCUT2D eigenvalue weighted by atomic mass is 35.5. The maximum Gasteiger partial charge on any atom is 0.296 e. The first kappa shape index (κ1) is 49.4. The van der Waals surface area contributed by atoms with Crippen LogP contribution in [0.4, 0.5) is 28.7 Å². The zero-order chi connectivity index (χ0) is 45.9. The highest BCUT2D eigenvalue weighted by Gasteiger charge is 2.19. The molecule has 0 aliphatic rings. The molecule has 0 radical (unpaired) electrons. The summed E-state index contributed by atoms with van der Waals surface area (Å²) in [4.78, 5) is 13.4. The molecule has 0 amide bonds. The molecule has 1 aromatic heterocycles. The summed E-state index contributed by atoms with van der Waals surface area (Å²) in [7, 11) is -8.94. The standard InChI is InChI=1S/C40H42Cl4N8O9S2/c1-4-5-11-60-35-20-33(51-49-27-7-9-29(41)23(2)14-27)31(43)15-25(35)17-38-46-39(48-40(47-38)45-24(3)22-53)18-26-16-32(44)34(21-36(26)61-12-6-13-62(54,55)56)52-50-28-8-10-30(42)37(19-28)63(57,58)59/h7-10,14-16,19-21,24,53H,4-6,11-13,17-18,22H2,1-3H3,(H,54,55,56)(H,57,58,59)(H,45,46,47,48). The topological polar surface area (TPSA) is 248 Å². The van der Waals surface area contributed by atoms with E-state index in [0.717, 1.165) is 24.5 Å². The summed E-state index contributed by atoms with van der Waals surface area (Å²) in [6.45, 7) is 5.67. The van der Waals surface area contributed by atoms with Gasteiger partial charge in [0.05, 0.1) is 52.0 Å². The molecule has 0 saturated heterocycles. The Balaban J connectivity index is 1.52. The van der Waals surface area contributed by atoms with Gasteiger partial charge in [-0.15, -0.1) is 10.2 Å². The molecule has 4 aromatic carbocycles. The van der Waals surface area contributed by atoms with Crippen molar-refractivity contribution in [3.05, 3.63) is 109 Å². The smallest absolute Gasteiger partial charge is 0.296 e. The van der Waals surface area contributed by atoms with Crippen LogP contribution in [0.1, 0.15) is 61.4 Å². The number of aliphatic hydroxyl groups is 1. The summed E-state index contributed by atoms with van der Waals surface area (Å²) in [6.07, 6.45) is 1.71. The zero-order valence-electron chi connectivity index (χ0n) is 34.0. The van der Waals surface area contributed by atoms with Crippen LogP contribution in [0.25, 0.3) is 0 Å². The van der Waals surface area contributed by atoms with Gasteiger partial charge >= 0.3 is 0 Å². The van der Waals surface area contributed by atoms with E-state index in [-0.39, 0.29) is 71.4 Å². The fourth-order valence-electron chi connectivity index (χ4n) is 5.58. The third kappa shape index (κ3) is 15.0. The number of anilines is 1. The van der Waals surface area contributed by atoms with Gasteiger partial charge in [0, 0.05) is 47.2 Å². The molecule has 0 spiro atoms. The summed E-state index contributed by atoms with van der Waals surface area (Å²) < 4.78 is 77.4. The van der Waals surface area contributed by atoms with Crippen molar-refractivity contribution in [3.8, 4) is 11.5 Å². The van der Waals surface area contributed by atoms with Crippen LogP contribution >= 0.6 is 46.4 Å². The molecule has 0 aliphatic carbocycles. The number of azo groups is 2. The van der Waals surface area contributed by atoms with Gasteiger partial charge in [-0.05, 0) is 80.8 Å². The minimum absolute atomic E-state index is 0.0124. The number of halogens is 4. The Labute approximate surface area is 384 Å². The second kappa shape index (κ2) is 22.4. The van der Waals surface area contributed by atoms with E-state index in [1.807, 2.05) is 13.8 Å². The Morgan fingerprint density at radius 3 is 1.71 bits per heavy atom. The summed E-state index contributed by atoms with van der Waals surface area (Å²) in [5, 5.41) is 30.6. The Morgan fingerprint density at radius 1 is 0.698 bits per heavy atom. The molecule has 1 atom stereocenters. The van der Waals surface area contributed by atoms with E-state index in [2.05, 4.69) is 35.7 Å². The SMILES string of the molecule is CCCCOc1cc(N=Nc2ccc(Cl)c(C)c2)c(Cl)cc1Cc1nc(Cc2cc(Cl)c(N=Nc3ccc(Cl)c(S(=O)(=O)O)c3)cc2OCCCS(=O)(=O)O)nc(NC(C)CO)n1. The maximum atomic E-state index is 11.8. The summed E-state index contributed by atoms with van der Waals surface area (Å²) in [5.74, 6) is 0.788. The van der Waals surface area contributed by atoms with Crippen LogP contribution in [0.3, 0.4) is 0 Å². The van der Waals surface area contributed by atoms with Crippen LogP contribution in [-0.4, -0.2) is 77.6 Å². The number of rotatable bonds is 21. The van der Waals surface area contributed by atoms with Gasteiger partial charge in [0.25, 0.3) is 20.2 Å². The van der Waals surface area contributed by atoms with Gasteiger partial charge in [0.2, 0.25) is 5.95 Å². The first-order valence-electron chi connectivity index (χ1n) is 19.1. The highest BCUT2D eigenvalue weighted by molar-refractivity contribution is 7.86. The molecular formula is C40H42Cl4N8O9S2. The Morgan fingerprint density at radius 2 is 1.22 bits per heavy atom. The predicted molar refractivity (Wildman–Crippen MR) is 241 cm³/mol. The third-order valence-corrected chi connectivity index (χ3v) is 11.9. The van der Waals surface area contributed by atoms with Gasteiger partial charge in [-0.1, -0.05) is 59.7 Å². The first-order valence-corrected chi connectivity index (χ1v) is 23.7. The van der Waals surface area contributed by atoms with E-state index in [1.165, 1.54) is 24.3 Å². The summed E-state index contributed by atoms with van der Waals surface area (Å²) >= 11 is 25.6. The molecule has 5 rings (SSSR count). The van der Waals surface area contributed by atoms with Crippen LogP contribution < -0.4 is 14.8 Å². The van der Waals surface area contributed by atoms with Crippen LogP contribution in [0.15, 0.2) is 86.0 Å². The van der Waals surface area contributed by atoms with Crippen molar-refractivity contribution in [2.75, 3.05) is 30.9 Å². The molecular weight excluding hydrogens is 942 g/mol. The Hall–Kier alpha value is -4.57. The Bertz CT molecular complexity index is 2730. The van der Waals surface area contributed by atoms with Crippen molar-refractivity contribution >= 4 is 95.3 Å². The lowest BCUT2D eigenvalue weighted by molar-refractivity contribution is 0.281. The number of nitrogens with one attached hydrogen (secondary N) is 1. The van der Waals surface area contributed by atoms with Crippen molar-refractivity contribution in [3.63, 3.8) is 0 Å². The number of aryl methyl sites for hydroxylation is 1. The summed E-state index contributed by atoms with van der Waals surface area (Å²) in [5.41, 5.74) is 2.96. The van der Waals surface area contributed by atoms with Gasteiger partial charge in [0.15, 0.2) is 0 Å². The highest BCUT2D eigenvalue weighted by Crippen LogP contribution is 2.38. The van der Waals surface area contributed by atoms with Crippen molar-refractivity contribution in [1.82, 2.24) is 15.0 Å². The van der Waals surface area contributed by atoms with Crippen LogP contribution in [0, 0.1) is 6.92 Å². The van der Waals surface area contributed by atoms with Gasteiger partial charge in [0.1, 0.15) is 39.4 Å². The molecule has 63 heavy (non-hydrogen) atoms. The van der Waals surface area contributed by atoms with E-state index < -0.39 is 36.9 Å². The molecule has 0 aliphatic heterocycles. The molecule has 1 unspecified atom stereocenters. The lowest BCUT2D eigenvalue weighted by atomic mass is 10.1. The van der Waals surface area contributed by atoms with Crippen molar-refractivity contribution in [1.29, 1.82) is 0 Å². The molecule has 0 bridgehead atoms. The fourth-order valence-corrected chi connectivity index (χ4v) is 7.62. The monoisotopic (exact) mass is 982 g/mol. The van der Waals surface area contributed by atoms with Gasteiger partial charge < -0.3 is 19.9 Å². The molecule has 23 heteroatoms. The second-order valence-corrected chi connectivity index (χ2v) is 18.6. The molecule has 336 valence electrons. The number of aliphatic hydroxyl groups excluding tert-OH is 1. The molecule has 0 saturated carbocycles. The quantitative estimate of drug-likeness (QED) is 0.0304. The van der Waals surface area contributed by atoms with E-state index in [1.54, 1.807) is 37.3 Å². The fraction of sp³-hybridized carbons (Fsp3) is 0.325. The van der Waals surface area contributed by atoms with Crippen molar-refractivity contribution < 1.29 is 40.5 Å². The van der Waals surface area contributed by atoms with E-state index in [0.29, 0.717) is 50.7 Å². The zero-order valence-corrected chi connectivity index (χ0v) is 38.6. The minimum atomic E-state index is -4.67. The van der Waals surface area contributed by atoms with Crippen molar-refractivity contribution in [2.24, 2.45) is 20.5 Å².